The molecule has 3 unspecified atom stereocenters. The van der Waals surface area contributed by atoms with Crippen LogP contribution < -0.4 is 0 Å². The van der Waals surface area contributed by atoms with Crippen molar-refractivity contribution in [2.24, 2.45) is 5.92 Å². The Bertz CT molecular complexity index is 1010. The van der Waals surface area contributed by atoms with E-state index in [-0.39, 0.29) is 12.6 Å². The second-order valence-electron chi connectivity index (χ2n) is 7.22. The van der Waals surface area contributed by atoms with Crippen molar-refractivity contribution in [2.75, 3.05) is 19.0 Å². The fraction of sp³-hybridized carbons (Fsp3) is 0.320. The van der Waals surface area contributed by atoms with Gasteiger partial charge < -0.3 is 9.47 Å². The van der Waals surface area contributed by atoms with Gasteiger partial charge in [0.2, 0.25) is 0 Å². The first kappa shape index (κ1) is 23.5. The Morgan fingerprint density at radius 2 is 1.68 bits per heavy atom. The van der Waals surface area contributed by atoms with E-state index < -0.39 is 19.7 Å². The van der Waals surface area contributed by atoms with Crippen molar-refractivity contribution >= 4 is 37.0 Å². The van der Waals surface area contributed by atoms with E-state index in [0.717, 1.165) is 15.8 Å². The van der Waals surface area contributed by atoms with E-state index >= 15 is 0 Å². The Labute approximate surface area is 189 Å². The minimum atomic E-state index is -1.13. The molecule has 0 amide bonds. The first-order chi connectivity index (χ1) is 15.1. The van der Waals surface area contributed by atoms with Crippen molar-refractivity contribution in [3.8, 4) is 0 Å². The van der Waals surface area contributed by atoms with Crippen LogP contribution in [0.25, 0.3) is 10.8 Å². The van der Waals surface area contributed by atoms with E-state index in [9.17, 15) is 9.36 Å². The van der Waals surface area contributed by atoms with Crippen LogP contribution in [0.5, 0.6) is 0 Å². The zero-order valence-corrected chi connectivity index (χ0v) is 19.7. The summed E-state index contributed by atoms with van der Waals surface area (Å²) in [5.41, 5.74) is 0.985. The predicted molar refractivity (Wildman–Crippen MR) is 128 cm³/mol. The average Bonchev–Trinajstić information content (AvgIpc) is 2.81. The number of carbonyl (C=O) groups excluding carboxylic acids is 1. The van der Waals surface area contributed by atoms with E-state index in [1.807, 2.05) is 55.5 Å². The zero-order valence-electron chi connectivity index (χ0n) is 17.9. The first-order valence-electron chi connectivity index (χ1n) is 10.5. The topological polar surface area (TPSA) is 52.6 Å². The lowest BCUT2D eigenvalue weighted by Gasteiger charge is -2.28. The van der Waals surface area contributed by atoms with Gasteiger partial charge in [0.25, 0.3) is 5.34 Å². The van der Waals surface area contributed by atoms with Crippen LogP contribution >= 0.6 is 20.2 Å². The van der Waals surface area contributed by atoms with Gasteiger partial charge in [-0.1, -0.05) is 65.2 Å². The summed E-state index contributed by atoms with van der Waals surface area (Å²) in [6.45, 7) is 4.27. The van der Waals surface area contributed by atoms with Crippen molar-refractivity contribution in [1.29, 1.82) is 0 Å². The molecule has 3 atom stereocenters. The summed E-state index contributed by atoms with van der Waals surface area (Å²) < 4.78 is 24.0. The Morgan fingerprint density at radius 1 is 0.968 bits per heavy atom. The number of hydrogen-bond donors (Lipinski definition) is 0. The molecule has 3 rings (SSSR count). The van der Waals surface area contributed by atoms with Crippen molar-refractivity contribution < 1.29 is 18.8 Å². The van der Waals surface area contributed by atoms with E-state index in [4.69, 9.17) is 9.47 Å². The van der Waals surface area contributed by atoms with E-state index in [1.165, 1.54) is 5.39 Å². The number of fused-ring (bicyclic) bond motifs is 1. The molecule has 0 saturated heterocycles. The number of thioether (sulfide) groups is 1. The quantitative estimate of drug-likeness (QED) is 0.198. The van der Waals surface area contributed by atoms with Crippen molar-refractivity contribution in [2.45, 2.75) is 30.5 Å². The minimum Gasteiger partial charge on any atom is -0.466 e. The molecule has 0 aromatic heterocycles. The monoisotopic (exact) mass is 455 g/mol. The lowest BCUT2D eigenvalue weighted by molar-refractivity contribution is -0.155. The third-order valence-electron chi connectivity index (χ3n) is 5.17. The summed E-state index contributed by atoms with van der Waals surface area (Å²) in [4.78, 5) is 14.0. The lowest BCUT2D eigenvalue weighted by Crippen LogP contribution is -2.44. The van der Waals surface area contributed by atoms with Crippen LogP contribution in [0.4, 0.5) is 0 Å². The fourth-order valence-electron chi connectivity index (χ4n) is 3.61. The summed E-state index contributed by atoms with van der Waals surface area (Å²) in [5, 5.41) is 1.18. The Balaban J connectivity index is 1.90. The second kappa shape index (κ2) is 11.4. The molecule has 6 heteroatoms. The smallest absolute Gasteiger partial charge is 0.361 e. The lowest BCUT2D eigenvalue weighted by atomic mass is 9.94. The van der Waals surface area contributed by atoms with Crippen LogP contribution in [-0.4, -0.2) is 30.3 Å². The van der Waals surface area contributed by atoms with Gasteiger partial charge in [-0.25, -0.2) is 0 Å². The van der Waals surface area contributed by atoms with Gasteiger partial charge in [0.05, 0.1) is 12.4 Å². The standard InChI is InChI=1S/C25H27O4PS/c1-3-28-24(26)23(16-19-10-6-5-7-11-19)25(30-27,29-4-2)18-31-22-15-14-20-12-8-9-13-21(20)17-22/h5-15,17,23H,3-4,16,18H2,1-2H3/p+1. The van der Waals surface area contributed by atoms with Crippen LogP contribution in [-0.2, 0) is 25.3 Å². The van der Waals surface area contributed by atoms with Gasteiger partial charge in [0.15, 0.2) is 0 Å². The predicted octanol–water partition coefficient (Wildman–Crippen LogP) is 6.11. The molecule has 0 spiro atoms. The van der Waals surface area contributed by atoms with Gasteiger partial charge >= 0.3 is 14.4 Å². The highest BCUT2D eigenvalue weighted by Crippen LogP contribution is 2.41. The van der Waals surface area contributed by atoms with Crippen molar-refractivity contribution in [3.05, 3.63) is 78.4 Å². The number of esters is 1. The maximum absolute atomic E-state index is 13.0. The number of hydrogen-bond acceptors (Lipinski definition) is 5. The molecule has 0 bridgehead atoms. The number of carbonyl (C=O) groups is 1. The molecule has 0 aliphatic heterocycles. The summed E-state index contributed by atoms with van der Waals surface area (Å²) in [6, 6.07) is 24.1. The molecule has 3 aromatic rings. The van der Waals surface area contributed by atoms with E-state index in [0.29, 0.717) is 18.8 Å². The molecule has 3 aromatic carbocycles. The summed E-state index contributed by atoms with van der Waals surface area (Å²) in [5.74, 6) is -0.655. The van der Waals surface area contributed by atoms with E-state index in [2.05, 4.69) is 24.3 Å². The van der Waals surface area contributed by atoms with Gasteiger partial charge in [0.1, 0.15) is 5.92 Å². The molecule has 0 heterocycles. The summed E-state index contributed by atoms with van der Waals surface area (Å²) >= 11 is 1.56. The number of rotatable bonds is 11. The molecule has 0 aliphatic rings. The zero-order chi connectivity index (χ0) is 22.1. The molecular formula is C25H28O4PS+. The third-order valence-corrected chi connectivity index (χ3v) is 7.60. The van der Waals surface area contributed by atoms with Crippen LogP contribution in [0.3, 0.4) is 0 Å². The van der Waals surface area contributed by atoms with E-state index in [1.54, 1.807) is 18.7 Å². The molecule has 0 N–H and O–H groups in total. The van der Waals surface area contributed by atoms with Gasteiger partial charge in [-0.15, -0.1) is 11.8 Å². The fourth-order valence-corrected chi connectivity index (χ4v) is 5.67. The van der Waals surface area contributed by atoms with Crippen LogP contribution in [0.2, 0.25) is 0 Å². The maximum Gasteiger partial charge on any atom is 0.361 e. The third kappa shape index (κ3) is 5.94. The second-order valence-corrected chi connectivity index (χ2v) is 9.32. The molecule has 31 heavy (non-hydrogen) atoms. The first-order valence-corrected chi connectivity index (χ1v) is 12.4. The normalized spacial score (nSPS) is 14.3. The average molecular weight is 456 g/mol. The highest BCUT2D eigenvalue weighted by atomic mass is 32.2. The number of benzene rings is 3. The minimum absolute atomic E-state index is 0.270. The van der Waals surface area contributed by atoms with Crippen LogP contribution in [0, 0.1) is 5.92 Å². The molecule has 0 aliphatic carbocycles. The molecule has 0 radical (unpaired) electrons. The molecule has 162 valence electrons. The van der Waals surface area contributed by atoms with Gasteiger partial charge in [-0.05, 0) is 48.7 Å². The maximum atomic E-state index is 13.0. The molecule has 0 fully saturated rings. The highest BCUT2D eigenvalue weighted by Gasteiger charge is 2.52. The number of ether oxygens (including phenoxy) is 2. The Kier molecular flexibility index (Phi) is 8.65. The molecule has 4 nitrogen and oxygen atoms in total. The molecular weight excluding hydrogens is 427 g/mol. The largest absolute Gasteiger partial charge is 0.466 e. The van der Waals surface area contributed by atoms with Gasteiger partial charge in [-0.3, -0.25) is 4.79 Å². The Morgan fingerprint density at radius 3 is 2.35 bits per heavy atom. The molecule has 0 saturated carbocycles. The van der Waals surface area contributed by atoms with Crippen molar-refractivity contribution in [3.63, 3.8) is 0 Å². The SMILES string of the molecule is CCOC(=O)C(Cc1ccccc1)C(CSc1ccc2ccccc2c1)(OCC)[PH+]=O. The van der Waals surface area contributed by atoms with Gasteiger partial charge in [0, 0.05) is 11.5 Å². The van der Waals surface area contributed by atoms with Crippen LogP contribution in [0.15, 0.2) is 77.7 Å². The highest BCUT2D eigenvalue weighted by molar-refractivity contribution is 7.99. The van der Waals surface area contributed by atoms with Crippen LogP contribution in [0.1, 0.15) is 19.4 Å². The Hall–Kier alpha value is -2.20. The van der Waals surface area contributed by atoms with Crippen molar-refractivity contribution in [1.82, 2.24) is 0 Å². The summed E-state index contributed by atoms with van der Waals surface area (Å²) in [6.07, 6.45) is 0.410. The summed E-state index contributed by atoms with van der Waals surface area (Å²) in [7, 11) is -0.806. The van der Waals surface area contributed by atoms with Gasteiger partial charge in [-0.2, -0.15) is 0 Å².